The van der Waals surface area contributed by atoms with Gasteiger partial charge in [-0.05, 0) is 25.7 Å². The molecule has 15 heavy (non-hydrogen) atoms. The van der Waals surface area contributed by atoms with Gasteiger partial charge in [-0.3, -0.25) is 0 Å². The zero-order valence-corrected chi connectivity index (χ0v) is 10.7. The summed E-state index contributed by atoms with van der Waals surface area (Å²) in [4.78, 5) is 0. The highest BCUT2D eigenvalue weighted by Gasteiger charge is 2.51. The van der Waals surface area contributed by atoms with Crippen molar-refractivity contribution in [3.63, 3.8) is 0 Å². The normalized spacial score (nSPS) is 42.6. The maximum atomic E-state index is 6.29. The molecule has 2 aliphatic rings. The second-order valence-corrected chi connectivity index (χ2v) is 5.97. The molecular weight excluding hydrogens is 208 g/mol. The van der Waals surface area contributed by atoms with Crippen LogP contribution in [0.3, 0.4) is 0 Å². The second-order valence-electron chi connectivity index (χ2n) is 5.45. The summed E-state index contributed by atoms with van der Waals surface area (Å²) in [6.07, 6.45) is 9.78. The second kappa shape index (κ2) is 4.63. The lowest BCUT2D eigenvalue weighted by molar-refractivity contribution is -0.140. The number of rotatable bonds is 3. The summed E-state index contributed by atoms with van der Waals surface area (Å²) in [5.74, 6) is 0. The predicted molar refractivity (Wildman–Crippen MR) is 64.4 cm³/mol. The first-order valence-corrected chi connectivity index (χ1v) is 6.90. The minimum atomic E-state index is 0.235. The first kappa shape index (κ1) is 11.7. The van der Waals surface area contributed by atoms with Gasteiger partial charge in [0.05, 0.1) is 12.2 Å². The summed E-state index contributed by atoms with van der Waals surface area (Å²) >= 11 is 6.29. The summed E-state index contributed by atoms with van der Waals surface area (Å²) in [5.41, 5.74) is 0.235. The molecule has 0 N–H and O–H groups in total. The third-order valence-electron chi connectivity index (χ3n) is 4.54. The number of hydrogen-bond donors (Lipinski definition) is 0. The molecule has 2 rings (SSSR count). The molecule has 2 aliphatic carbocycles. The molecular formula is C13H23ClO. The molecule has 0 aromatic heterocycles. The quantitative estimate of drug-likeness (QED) is 0.663. The lowest BCUT2D eigenvalue weighted by Crippen LogP contribution is -2.54. The molecule has 3 atom stereocenters. The van der Waals surface area contributed by atoms with E-state index in [0.717, 1.165) is 12.8 Å². The van der Waals surface area contributed by atoms with Gasteiger partial charge in [0.15, 0.2) is 0 Å². The minimum Gasteiger partial charge on any atom is -0.374 e. The maximum Gasteiger partial charge on any atom is 0.0660 e. The molecule has 2 fully saturated rings. The average molecular weight is 231 g/mol. The van der Waals surface area contributed by atoms with E-state index in [-0.39, 0.29) is 5.41 Å². The van der Waals surface area contributed by atoms with Crippen molar-refractivity contribution in [2.75, 3.05) is 0 Å². The Labute approximate surface area is 98.5 Å². The lowest BCUT2D eigenvalue weighted by Gasteiger charge is -2.52. The molecule has 2 heteroatoms. The highest BCUT2D eigenvalue weighted by atomic mass is 35.5. The predicted octanol–water partition coefficient (Wildman–Crippen LogP) is 4.13. The van der Waals surface area contributed by atoms with Crippen molar-refractivity contribution >= 4 is 11.6 Å². The SMILES string of the molecule is CCC1(C)C(Cl)CC1OC1CCCCC1. The maximum absolute atomic E-state index is 6.29. The molecule has 0 aromatic rings. The summed E-state index contributed by atoms with van der Waals surface area (Å²) in [6, 6.07) is 0. The monoisotopic (exact) mass is 230 g/mol. The molecule has 1 nitrogen and oxygen atoms in total. The largest absolute Gasteiger partial charge is 0.374 e. The average Bonchev–Trinajstić information content (AvgIpc) is 2.29. The van der Waals surface area contributed by atoms with Crippen molar-refractivity contribution in [2.45, 2.75) is 76.4 Å². The van der Waals surface area contributed by atoms with E-state index >= 15 is 0 Å². The minimum absolute atomic E-state index is 0.235. The molecule has 3 unspecified atom stereocenters. The van der Waals surface area contributed by atoms with Gasteiger partial charge < -0.3 is 4.74 Å². The van der Waals surface area contributed by atoms with Crippen LogP contribution in [0.5, 0.6) is 0 Å². The van der Waals surface area contributed by atoms with Crippen LogP contribution in [0, 0.1) is 5.41 Å². The Kier molecular flexibility index (Phi) is 3.62. The summed E-state index contributed by atoms with van der Waals surface area (Å²) < 4.78 is 6.22. The molecule has 0 radical (unpaired) electrons. The van der Waals surface area contributed by atoms with Crippen LogP contribution in [0.1, 0.15) is 58.8 Å². The molecule has 0 bridgehead atoms. The highest BCUT2D eigenvalue weighted by Crippen LogP contribution is 2.50. The van der Waals surface area contributed by atoms with Crippen LogP contribution >= 0.6 is 11.6 Å². The number of alkyl halides is 1. The fourth-order valence-electron chi connectivity index (χ4n) is 2.86. The van der Waals surface area contributed by atoms with Gasteiger partial charge in [-0.1, -0.05) is 33.1 Å². The lowest BCUT2D eigenvalue weighted by atomic mass is 9.65. The van der Waals surface area contributed by atoms with Crippen molar-refractivity contribution in [2.24, 2.45) is 5.41 Å². The van der Waals surface area contributed by atoms with E-state index in [1.807, 2.05) is 0 Å². The van der Waals surface area contributed by atoms with Crippen LogP contribution < -0.4 is 0 Å². The first-order chi connectivity index (χ1) is 7.16. The van der Waals surface area contributed by atoms with Gasteiger partial charge in [-0.25, -0.2) is 0 Å². The fraction of sp³-hybridized carbons (Fsp3) is 1.00. The van der Waals surface area contributed by atoms with Crippen LogP contribution in [0.25, 0.3) is 0 Å². The van der Waals surface area contributed by atoms with Gasteiger partial charge in [0.2, 0.25) is 0 Å². The van der Waals surface area contributed by atoms with Crippen LogP contribution in [-0.2, 0) is 4.74 Å². The van der Waals surface area contributed by atoms with Gasteiger partial charge in [0.1, 0.15) is 0 Å². The van der Waals surface area contributed by atoms with E-state index in [2.05, 4.69) is 13.8 Å². The van der Waals surface area contributed by atoms with E-state index in [0.29, 0.717) is 17.6 Å². The van der Waals surface area contributed by atoms with Crippen LogP contribution in [-0.4, -0.2) is 17.6 Å². The molecule has 0 saturated heterocycles. The standard InChI is InChI=1S/C13H23ClO/c1-3-13(2)11(14)9-12(13)15-10-7-5-4-6-8-10/h10-12H,3-9H2,1-2H3. The molecule has 88 valence electrons. The van der Waals surface area contributed by atoms with Gasteiger partial charge >= 0.3 is 0 Å². The number of ether oxygens (including phenoxy) is 1. The van der Waals surface area contributed by atoms with Crippen molar-refractivity contribution < 1.29 is 4.74 Å². The van der Waals surface area contributed by atoms with Gasteiger partial charge in [0.25, 0.3) is 0 Å². The van der Waals surface area contributed by atoms with Crippen LogP contribution in [0.4, 0.5) is 0 Å². The molecule has 0 amide bonds. The Balaban J connectivity index is 1.84. The highest BCUT2D eigenvalue weighted by molar-refractivity contribution is 6.21. The van der Waals surface area contributed by atoms with E-state index in [9.17, 15) is 0 Å². The van der Waals surface area contributed by atoms with E-state index in [1.54, 1.807) is 0 Å². The molecule has 0 spiro atoms. The summed E-state index contributed by atoms with van der Waals surface area (Å²) in [6.45, 7) is 4.51. The third kappa shape index (κ3) is 2.19. The van der Waals surface area contributed by atoms with E-state index < -0.39 is 0 Å². The van der Waals surface area contributed by atoms with Gasteiger partial charge in [-0.15, -0.1) is 11.6 Å². The summed E-state index contributed by atoms with van der Waals surface area (Å²) in [7, 11) is 0. The Bertz CT molecular complexity index is 213. The topological polar surface area (TPSA) is 9.23 Å². The Morgan fingerprint density at radius 2 is 1.93 bits per heavy atom. The Hall–Kier alpha value is 0.250. The van der Waals surface area contributed by atoms with E-state index in [1.165, 1.54) is 32.1 Å². The zero-order chi connectivity index (χ0) is 10.9. The van der Waals surface area contributed by atoms with Crippen molar-refractivity contribution in [1.29, 1.82) is 0 Å². The summed E-state index contributed by atoms with van der Waals surface area (Å²) in [5, 5.41) is 0.330. The number of halogens is 1. The van der Waals surface area contributed by atoms with Crippen molar-refractivity contribution in [1.82, 2.24) is 0 Å². The third-order valence-corrected chi connectivity index (χ3v) is 5.22. The van der Waals surface area contributed by atoms with Gasteiger partial charge in [-0.2, -0.15) is 0 Å². The molecule has 0 aliphatic heterocycles. The van der Waals surface area contributed by atoms with Crippen molar-refractivity contribution in [3.05, 3.63) is 0 Å². The molecule has 0 heterocycles. The Morgan fingerprint density at radius 1 is 1.27 bits per heavy atom. The van der Waals surface area contributed by atoms with E-state index in [4.69, 9.17) is 16.3 Å². The Morgan fingerprint density at radius 3 is 2.47 bits per heavy atom. The van der Waals surface area contributed by atoms with Crippen LogP contribution in [0.2, 0.25) is 0 Å². The zero-order valence-electron chi connectivity index (χ0n) is 9.97. The van der Waals surface area contributed by atoms with Crippen LogP contribution in [0.15, 0.2) is 0 Å². The number of hydrogen-bond acceptors (Lipinski definition) is 1. The smallest absolute Gasteiger partial charge is 0.0660 e. The fourth-order valence-corrected chi connectivity index (χ4v) is 3.32. The molecule has 2 saturated carbocycles. The molecule has 0 aromatic carbocycles. The van der Waals surface area contributed by atoms with Crippen molar-refractivity contribution in [3.8, 4) is 0 Å². The first-order valence-electron chi connectivity index (χ1n) is 6.46. The van der Waals surface area contributed by atoms with Gasteiger partial charge in [0, 0.05) is 10.8 Å².